The fourth-order valence-corrected chi connectivity index (χ4v) is 2.49. The summed E-state index contributed by atoms with van der Waals surface area (Å²) in [6.07, 6.45) is 7.60. The van der Waals surface area contributed by atoms with Gasteiger partial charge in [0, 0.05) is 20.6 Å². The van der Waals surface area contributed by atoms with Gasteiger partial charge in [0.25, 0.3) is 0 Å². The SMILES string of the molecule is CN(C)C(=O)C(CN)CC1CCCCC1. The molecule has 1 amide bonds. The highest BCUT2D eigenvalue weighted by Gasteiger charge is 2.24. The normalized spacial score (nSPS) is 19.9. The summed E-state index contributed by atoms with van der Waals surface area (Å²) in [6, 6.07) is 0. The first-order chi connectivity index (χ1) is 7.15. The van der Waals surface area contributed by atoms with E-state index in [2.05, 4.69) is 0 Å². The van der Waals surface area contributed by atoms with Gasteiger partial charge in [-0.2, -0.15) is 0 Å². The minimum atomic E-state index is 0.0445. The van der Waals surface area contributed by atoms with Crippen LogP contribution in [0.15, 0.2) is 0 Å². The van der Waals surface area contributed by atoms with Gasteiger partial charge in [-0.1, -0.05) is 32.1 Å². The zero-order valence-electron chi connectivity index (χ0n) is 10.0. The molecule has 0 radical (unpaired) electrons. The molecule has 0 aliphatic heterocycles. The molecule has 3 heteroatoms. The van der Waals surface area contributed by atoms with Gasteiger partial charge in [0.2, 0.25) is 5.91 Å². The van der Waals surface area contributed by atoms with Gasteiger partial charge in [0.1, 0.15) is 0 Å². The number of nitrogens with two attached hydrogens (primary N) is 1. The van der Waals surface area contributed by atoms with Crippen molar-refractivity contribution in [2.24, 2.45) is 17.6 Å². The van der Waals surface area contributed by atoms with Crippen LogP contribution in [0.3, 0.4) is 0 Å². The number of carbonyl (C=O) groups excluding carboxylic acids is 1. The van der Waals surface area contributed by atoms with E-state index in [4.69, 9.17) is 5.73 Å². The molecule has 1 saturated carbocycles. The van der Waals surface area contributed by atoms with E-state index in [1.165, 1.54) is 32.1 Å². The van der Waals surface area contributed by atoms with Crippen LogP contribution in [-0.2, 0) is 4.79 Å². The number of nitrogens with zero attached hydrogens (tertiary/aromatic N) is 1. The summed E-state index contributed by atoms with van der Waals surface area (Å²) in [6.45, 7) is 0.494. The maximum absolute atomic E-state index is 11.8. The lowest BCUT2D eigenvalue weighted by atomic mass is 9.82. The van der Waals surface area contributed by atoms with Crippen LogP contribution in [0, 0.1) is 11.8 Å². The lowest BCUT2D eigenvalue weighted by Gasteiger charge is -2.26. The van der Waals surface area contributed by atoms with Gasteiger partial charge in [-0.15, -0.1) is 0 Å². The van der Waals surface area contributed by atoms with Crippen LogP contribution < -0.4 is 5.73 Å². The fourth-order valence-electron chi connectivity index (χ4n) is 2.49. The van der Waals surface area contributed by atoms with E-state index in [1.54, 1.807) is 4.90 Å². The van der Waals surface area contributed by atoms with Crippen LogP contribution in [0.5, 0.6) is 0 Å². The van der Waals surface area contributed by atoms with E-state index in [0.29, 0.717) is 6.54 Å². The third-order valence-electron chi connectivity index (χ3n) is 3.42. The second kappa shape index (κ2) is 6.11. The predicted molar refractivity (Wildman–Crippen MR) is 62.4 cm³/mol. The molecule has 1 aliphatic rings. The molecule has 0 bridgehead atoms. The minimum Gasteiger partial charge on any atom is -0.349 e. The molecular weight excluding hydrogens is 188 g/mol. The first kappa shape index (κ1) is 12.5. The number of amides is 1. The number of hydrogen-bond acceptors (Lipinski definition) is 2. The zero-order valence-corrected chi connectivity index (χ0v) is 10.0. The van der Waals surface area contributed by atoms with Gasteiger partial charge in [0.05, 0.1) is 5.92 Å². The summed E-state index contributed by atoms with van der Waals surface area (Å²) in [5.41, 5.74) is 5.68. The van der Waals surface area contributed by atoms with Crippen LogP contribution in [-0.4, -0.2) is 31.4 Å². The first-order valence-electron chi connectivity index (χ1n) is 6.06. The van der Waals surface area contributed by atoms with Crippen LogP contribution in [0.1, 0.15) is 38.5 Å². The maximum atomic E-state index is 11.8. The van der Waals surface area contributed by atoms with Crippen LogP contribution in [0.4, 0.5) is 0 Å². The van der Waals surface area contributed by atoms with Crippen molar-refractivity contribution in [2.75, 3.05) is 20.6 Å². The Balaban J connectivity index is 2.41. The van der Waals surface area contributed by atoms with E-state index < -0.39 is 0 Å². The van der Waals surface area contributed by atoms with Crippen LogP contribution in [0.2, 0.25) is 0 Å². The molecule has 1 atom stereocenters. The smallest absolute Gasteiger partial charge is 0.226 e. The van der Waals surface area contributed by atoms with Crippen molar-refractivity contribution in [1.82, 2.24) is 4.90 Å². The quantitative estimate of drug-likeness (QED) is 0.769. The molecule has 0 spiro atoms. The van der Waals surface area contributed by atoms with Crippen molar-refractivity contribution in [1.29, 1.82) is 0 Å². The molecule has 1 aliphatic carbocycles. The topological polar surface area (TPSA) is 46.3 Å². The van der Waals surface area contributed by atoms with Gasteiger partial charge in [-0.05, 0) is 12.3 Å². The Labute approximate surface area is 93.0 Å². The molecule has 0 aromatic heterocycles. The Morgan fingerprint density at radius 3 is 2.40 bits per heavy atom. The van der Waals surface area contributed by atoms with Gasteiger partial charge in [-0.3, -0.25) is 4.79 Å². The van der Waals surface area contributed by atoms with E-state index in [-0.39, 0.29) is 11.8 Å². The molecule has 3 nitrogen and oxygen atoms in total. The molecule has 1 unspecified atom stereocenters. The van der Waals surface area contributed by atoms with E-state index in [9.17, 15) is 4.79 Å². The lowest BCUT2D eigenvalue weighted by Crippen LogP contribution is -2.35. The van der Waals surface area contributed by atoms with Gasteiger partial charge < -0.3 is 10.6 Å². The molecule has 1 rings (SSSR count). The lowest BCUT2D eigenvalue weighted by molar-refractivity contribution is -0.133. The summed E-state index contributed by atoms with van der Waals surface area (Å²) in [7, 11) is 3.62. The standard InChI is InChI=1S/C12H24N2O/c1-14(2)12(15)11(9-13)8-10-6-4-3-5-7-10/h10-11H,3-9,13H2,1-2H3. The molecule has 1 fully saturated rings. The molecule has 0 aromatic carbocycles. The average molecular weight is 212 g/mol. The monoisotopic (exact) mass is 212 g/mol. The molecular formula is C12H24N2O. The maximum Gasteiger partial charge on any atom is 0.226 e. The Morgan fingerprint density at radius 2 is 1.93 bits per heavy atom. The van der Waals surface area contributed by atoms with Gasteiger partial charge in [-0.25, -0.2) is 0 Å². The Hall–Kier alpha value is -0.570. The van der Waals surface area contributed by atoms with Crippen molar-refractivity contribution >= 4 is 5.91 Å². The van der Waals surface area contributed by atoms with E-state index >= 15 is 0 Å². The highest BCUT2D eigenvalue weighted by atomic mass is 16.2. The van der Waals surface area contributed by atoms with Gasteiger partial charge in [0.15, 0.2) is 0 Å². The Bertz CT molecular complexity index is 198. The van der Waals surface area contributed by atoms with Crippen molar-refractivity contribution in [3.63, 3.8) is 0 Å². The highest BCUT2D eigenvalue weighted by molar-refractivity contribution is 5.78. The molecule has 0 heterocycles. The number of rotatable bonds is 4. The van der Waals surface area contributed by atoms with Gasteiger partial charge >= 0.3 is 0 Å². The van der Waals surface area contributed by atoms with Crippen LogP contribution in [0.25, 0.3) is 0 Å². The first-order valence-corrected chi connectivity index (χ1v) is 6.06. The predicted octanol–water partition coefficient (Wildman–Crippen LogP) is 1.62. The summed E-state index contributed by atoms with van der Waals surface area (Å²) in [5, 5.41) is 0. The molecule has 88 valence electrons. The molecule has 0 saturated heterocycles. The highest BCUT2D eigenvalue weighted by Crippen LogP contribution is 2.29. The fraction of sp³-hybridized carbons (Fsp3) is 0.917. The van der Waals surface area contributed by atoms with Crippen molar-refractivity contribution in [3.05, 3.63) is 0 Å². The Kier molecular flexibility index (Phi) is 5.09. The summed E-state index contributed by atoms with van der Waals surface area (Å²) < 4.78 is 0. The average Bonchev–Trinajstić information content (AvgIpc) is 2.26. The third-order valence-corrected chi connectivity index (χ3v) is 3.42. The Morgan fingerprint density at radius 1 is 1.33 bits per heavy atom. The van der Waals surface area contributed by atoms with Crippen molar-refractivity contribution in [3.8, 4) is 0 Å². The van der Waals surface area contributed by atoms with Crippen LogP contribution >= 0.6 is 0 Å². The summed E-state index contributed by atoms with van der Waals surface area (Å²) in [5.74, 6) is 0.974. The molecule has 15 heavy (non-hydrogen) atoms. The number of hydrogen-bond donors (Lipinski definition) is 1. The van der Waals surface area contributed by atoms with Crippen molar-refractivity contribution in [2.45, 2.75) is 38.5 Å². The third kappa shape index (κ3) is 3.82. The largest absolute Gasteiger partial charge is 0.349 e. The van der Waals surface area contributed by atoms with E-state index in [0.717, 1.165) is 12.3 Å². The molecule has 0 aromatic rings. The summed E-state index contributed by atoms with van der Waals surface area (Å²) in [4.78, 5) is 13.5. The summed E-state index contributed by atoms with van der Waals surface area (Å²) >= 11 is 0. The zero-order chi connectivity index (χ0) is 11.3. The number of carbonyl (C=O) groups is 1. The second-order valence-corrected chi connectivity index (χ2v) is 4.91. The van der Waals surface area contributed by atoms with Crippen molar-refractivity contribution < 1.29 is 4.79 Å². The second-order valence-electron chi connectivity index (χ2n) is 4.91. The minimum absolute atomic E-state index is 0.0445. The molecule has 2 N–H and O–H groups in total. The van der Waals surface area contributed by atoms with E-state index in [1.807, 2.05) is 14.1 Å².